The molecule has 6 nitrogen and oxygen atoms in total. The molecule has 0 unspecified atom stereocenters. The van der Waals surface area contributed by atoms with Crippen LogP contribution in [0.15, 0.2) is 12.7 Å². The molecule has 1 aliphatic carbocycles. The van der Waals surface area contributed by atoms with Gasteiger partial charge in [0.05, 0.1) is 11.5 Å². The molecule has 1 saturated carbocycles. The van der Waals surface area contributed by atoms with Gasteiger partial charge in [-0.1, -0.05) is 12.7 Å². The Bertz CT molecular complexity index is 394. The van der Waals surface area contributed by atoms with Crippen molar-refractivity contribution in [2.45, 2.75) is 31.3 Å². The van der Waals surface area contributed by atoms with Gasteiger partial charge in [-0.25, -0.2) is 4.79 Å². The van der Waals surface area contributed by atoms with E-state index in [2.05, 4.69) is 6.58 Å². The van der Waals surface area contributed by atoms with Crippen LogP contribution in [0.3, 0.4) is 0 Å². The van der Waals surface area contributed by atoms with Gasteiger partial charge in [-0.15, -0.1) is 0 Å². The molecule has 1 aliphatic heterocycles. The van der Waals surface area contributed by atoms with Gasteiger partial charge in [-0.3, -0.25) is 4.79 Å². The number of rotatable bonds is 4. The molecule has 2 fully saturated rings. The minimum Gasteiger partial charge on any atom is -0.481 e. The Morgan fingerprint density at radius 1 is 1.35 bits per heavy atom. The van der Waals surface area contributed by atoms with Crippen LogP contribution in [0.5, 0.6) is 0 Å². The maximum atomic E-state index is 11.7. The fourth-order valence-corrected chi connectivity index (χ4v) is 3.12. The Morgan fingerprint density at radius 3 is 2.45 bits per heavy atom. The number of piperidine rings is 1. The van der Waals surface area contributed by atoms with Gasteiger partial charge in [0.2, 0.25) is 0 Å². The van der Waals surface area contributed by atoms with Crippen molar-refractivity contribution in [3.63, 3.8) is 0 Å². The third-order valence-electron chi connectivity index (χ3n) is 4.39. The number of hydrogen-bond acceptors (Lipinski definition) is 4. The van der Waals surface area contributed by atoms with Crippen molar-refractivity contribution in [2.75, 3.05) is 19.7 Å². The van der Waals surface area contributed by atoms with E-state index in [0.717, 1.165) is 0 Å². The van der Waals surface area contributed by atoms with Crippen molar-refractivity contribution in [1.82, 2.24) is 4.90 Å². The van der Waals surface area contributed by atoms with Crippen LogP contribution < -0.4 is 0 Å². The summed E-state index contributed by atoms with van der Waals surface area (Å²) in [6.07, 6.45) is 3.19. The summed E-state index contributed by atoms with van der Waals surface area (Å²) < 4.78 is 4.97. The van der Waals surface area contributed by atoms with Crippen molar-refractivity contribution in [1.29, 1.82) is 0 Å². The molecule has 20 heavy (non-hydrogen) atoms. The highest BCUT2D eigenvalue weighted by molar-refractivity contribution is 5.71. The summed E-state index contributed by atoms with van der Waals surface area (Å²) >= 11 is 0. The van der Waals surface area contributed by atoms with E-state index in [-0.39, 0.29) is 18.6 Å². The van der Waals surface area contributed by atoms with Gasteiger partial charge in [0, 0.05) is 13.1 Å². The maximum Gasteiger partial charge on any atom is 0.410 e. The van der Waals surface area contributed by atoms with Gasteiger partial charge in [0.15, 0.2) is 0 Å². The highest BCUT2D eigenvalue weighted by Gasteiger charge is 2.51. The fraction of sp³-hybridized carbons (Fsp3) is 0.714. The highest BCUT2D eigenvalue weighted by Crippen LogP contribution is 2.46. The molecule has 1 amide bonds. The number of carbonyl (C=O) groups is 2. The molecule has 0 spiro atoms. The van der Waals surface area contributed by atoms with Crippen LogP contribution in [-0.4, -0.2) is 52.5 Å². The zero-order chi connectivity index (χ0) is 14.8. The van der Waals surface area contributed by atoms with Gasteiger partial charge in [-0.05, 0) is 31.6 Å². The number of aliphatic carboxylic acids is 1. The second-order valence-electron chi connectivity index (χ2n) is 5.67. The van der Waals surface area contributed by atoms with E-state index in [1.54, 1.807) is 4.90 Å². The lowest BCUT2D eigenvalue weighted by atomic mass is 9.62. The summed E-state index contributed by atoms with van der Waals surface area (Å²) in [5.74, 6) is -1.18. The topological polar surface area (TPSA) is 87.1 Å². The number of carbonyl (C=O) groups excluding carboxylic acids is 1. The molecule has 0 atom stereocenters. The first kappa shape index (κ1) is 14.8. The number of ether oxygens (including phenoxy) is 1. The van der Waals surface area contributed by atoms with E-state index < -0.39 is 17.5 Å². The van der Waals surface area contributed by atoms with Gasteiger partial charge in [0.1, 0.15) is 6.61 Å². The number of aliphatic hydroxyl groups is 1. The largest absolute Gasteiger partial charge is 0.481 e. The molecule has 6 heteroatoms. The van der Waals surface area contributed by atoms with Gasteiger partial charge >= 0.3 is 12.1 Å². The van der Waals surface area contributed by atoms with E-state index >= 15 is 0 Å². The highest BCUT2D eigenvalue weighted by atomic mass is 16.6. The lowest BCUT2D eigenvalue weighted by molar-refractivity contribution is -0.169. The van der Waals surface area contributed by atoms with Crippen molar-refractivity contribution in [3.05, 3.63) is 12.7 Å². The van der Waals surface area contributed by atoms with Gasteiger partial charge in [-0.2, -0.15) is 0 Å². The molecule has 0 aromatic carbocycles. The smallest absolute Gasteiger partial charge is 0.410 e. The first-order valence-electron chi connectivity index (χ1n) is 6.94. The molecule has 2 N–H and O–H groups in total. The average Bonchev–Trinajstić information content (AvgIpc) is 2.41. The summed E-state index contributed by atoms with van der Waals surface area (Å²) in [6.45, 7) is 4.77. The molecule has 0 aromatic rings. The molecule has 0 radical (unpaired) electrons. The van der Waals surface area contributed by atoms with Crippen LogP contribution in [0.25, 0.3) is 0 Å². The summed E-state index contributed by atoms with van der Waals surface area (Å²) in [5.41, 5.74) is -0.861. The molecule has 1 heterocycles. The Labute approximate surface area is 118 Å². The molecular weight excluding hydrogens is 262 g/mol. The number of nitrogens with zero attached hydrogens (tertiary/aromatic N) is 1. The van der Waals surface area contributed by atoms with Crippen LogP contribution in [0.1, 0.15) is 25.7 Å². The monoisotopic (exact) mass is 283 g/mol. The Balaban J connectivity index is 1.79. The van der Waals surface area contributed by atoms with Crippen LogP contribution in [-0.2, 0) is 9.53 Å². The minimum absolute atomic E-state index is 0.0709. The molecule has 2 rings (SSSR count). The van der Waals surface area contributed by atoms with E-state index in [4.69, 9.17) is 9.84 Å². The number of amides is 1. The van der Waals surface area contributed by atoms with Crippen molar-refractivity contribution < 1.29 is 24.5 Å². The summed E-state index contributed by atoms with van der Waals surface area (Å²) in [7, 11) is 0. The second kappa shape index (κ2) is 5.83. The standard InChI is InChI=1S/C14H21NO5/c1-2-7-20-13(18)15-5-3-11(4-6-15)14(19)8-10(9-14)12(16)17/h2,10-11,19H,1,3-9H2,(H,16,17). The summed E-state index contributed by atoms with van der Waals surface area (Å²) in [4.78, 5) is 24.1. The van der Waals surface area contributed by atoms with Crippen LogP contribution in [0.4, 0.5) is 4.79 Å². The third-order valence-corrected chi connectivity index (χ3v) is 4.39. The zero-order valence-electron chi connectivity index (χ0n) is 11.5. The van der Waals surface area contributed by atoms with Gasteiger partial charge < -0.3 is 19.8 Å². The lowest BCUT2D eigenvalue weighted by Crippen LogP contribution is -2.55. The number of carboxylic acids is 1. The van der Waals surface area contributed by atoms with Crippen LogP contribution >= 0.6 is 0 Å². The van der Waals surface area contributed by atoms with E-state index in [1.165, 1.54) is 6.08 Å². The summed E-state index contributed by atoms with van der Waals surface area (Å²) in [6, 6.07) is 0. The second-order valence-corrected chi connectivity index (χ2v) is 5.67. The third kappa shape index (κ3) is 2.95. The van der Waals surface area contributed by atoms with Crippen LogP contribution in [0, 0.1) is 11.8 Å². The van der Waals surface area contributed by atoms with E-state index in [9.17, 15) is 14.7 Å². The molecule has 112 valence electrons. The Kier molecular flexibility index (Phi) is 4.32. The van der Waals surface area contributed by atoms with Crippen molar-refractivity contribution >= 4 is 12.1 Å². The molecule has 1 saturated heterocycles. The van der Waals surface area contributed by atoms with E-state index in [1.807, 2.05) is 0 Å². The zero-order valence-corrected chi connectivity index (χ0v) is 11.5. The average molecular weight is 283 g/mol. The number of likely N-dealkylation sites (tertiary alicyclic amines) is 1. The number of carboxylic acid groups (broad SMARTS) is 1. The van der Waals surface area contributed by atoms with E-state index in [0.29, 0.717) is 38.8 Å². The normalized spacial score (nSPS) is 30.4. The van der Waals surface area contributed by atoms with Gasteiger partial charge in [0.25, 0.3) is 0 Å². The molecule has 0 bridgehead atoms. The predicted octanol–water partition coefficient (Wildman–Crippen LogP) is 1.25. The lowest BCUT2D eigenvalue weighted by Gasteiger charge is -2.49. The predicted molar refractivity (Wildman–Crippen MR) is 71.2 cm³/mol. The minimum atomic E-state index is -0.861. The first-order chi connectivity index (χ1) is 9.46. The SMILES string of the molecule is C=CCOC(=O)N1CCC(C2(O)CC(C(=O)O)C2)CC1. The number of hydrogen-bond donors (Lipinski definition) is 2. The summed E-state index contributed by atoms with van der Waals surface area (Å²) in [5, 5.41) is 19.3. The molecule has 2 aliphatic rings. The molecule has 0 aromatic heterocycles. The van der Waals surface area contributed by atoms with Crippen molar-refractivity contribution in [3.8, 4) is 0 Å². The quantitative estimate of drug-likeness (QED) is 0.758. The maximum absolute atomic E-state index is 11.7. The van der Waals surface area contributed by atoms with Crippen molar-refractivity contribution in [2.24, 2.45) is 11.8 Å². The Hall–Kier alpha value is -1.56. The first-order valence-corrected chi connectivity index (χ1v) is 6.94. The fourth-order valence-electron chi connectivity index (χ4n) is 3.12. The Morgan fingerprint density at radius 2 is 1.95 bits per heavy atom. The van der Waals surface area contributed by atoms with Crippen LogP contribution in [0.2, 0.25) is 0 Å². The molecular formula is C14H21NO5.